The highest BCUT2D eigenvalue weighted by atomic mass is 16.3. The van der Waals surface area contributed by atoms with Crippen molar-refractivity contribution >= 4 is 11.0 Å². The maximum absolute atomic E-state index is 5.90. The summed E-state index contributed by atoms with van der Waals surface area (Å²) >= 11 is 0. The quantitative estimate of drug-likeness (QED) is 0.640. The Morgan fingerprint density at radius 3 is 2.89 bits per heavy atom. The molecule has 1 saturated carbocycles. The van der Waals surface area contributed by atoms with Crippen LogP contribution in [0.4, 0.5) is 0 Å². The monoisotopic (exact) mass is 244 g/mol. The summed E-state index contributed by atoms with van der Waals surface area (Å²) in [5.41, 5.74) is 5.10. The first-order chi connectivity index (χ1) is 8.76. The van der Waals surface area contributed by atoms with Gasteiger partial charge in [0.15, 0.2) is 0 Å². The zero-order valence-electron chi connectivity index (χ0n) is 10.8. The van der Waals surface area contributed by atoms with Crippen molar-refractivity contribution in [2.75, 3.05) is 0 Å². The van der Waals surface area contributed by atoms with Crippen LogP contribution in [0.3, 0.4) is 0 Å². The van der Waals surface area contributed by atoms with Crippen molar-refractivity contribution in [3.63, 3.8) is 0 Å². The number of rotatable bonds is 4. The number of benzene rings is 1. The Morgan fingerprint density at radius 1 is 1.39 bits per heavy atom. The average Bonchev–Trinajstić information content (AvgIpc) is 2.70. The van der Waals surface area contributed by atoms with E-state index in [0.29, 0.717) is 0 Å². The van der Waals surface area contributed by atoms with Crippen LogP contribution in [0.15, 0.2) is 28.7 Å². The lowest BCUT2D eigenvalue weighted by Crippen LogP contribution is -2.30. The number of aryl methyl sites for hydroxylation is 1. The fraction of sp³-hybridized carbons (Fsp3) is 0.467. The molecule has 0 aliphatic heterocycles. The molecule has 0 amide bonds. The summed E-state index contributed by atoms with van der Waals surface area (Å²) in [5.74, 6) is 7.44. The summed E-state index contributed by atoms with van der Waals surface area (Å²) < 4.78 is 5.90. The molecule has 0 radical (unpaired) electrons. The smallest absolute Gasteiger partial charge is 0.134 e. The second-order valence-corrected chi connectivity index (χ2v) is 5.44. The zero-order chi connectivity index (χ0) is 12.5. The third-order valence-corrected chi connectivity index (χ3v) is 4.03. The molecule has 1 atom stereocenters. The van der Waals surface area contributed by atoms with Crippen molar-refractivity contribution in [3.8, 4) is 0 Å². The van der Waals surface area contributed by atoms with Crippen molar-refractivity contribution in [1.82, 2.24) is 5.43 Å². The number of furan rings is 1. The molecule has 1 fully saturated rings. The Kier molecular flexibility index (Phi) is 3.10. The molecular weight excluding hydrogens is 224 g/mol. The first kappa shape index (κ1) is 11.8. The first-order valence-corrected chi connectivity index (χ1v) is 6.72. The van der Waals surface area contributed by atoms with Crippen LogP contribution in [0, 0.1) is 12.8 Å². The molecule has 0 bridgehead atoms. The average molecular weight is 244 g/mol. The second-order valence-electron chi connectivity index (χ2n) is 5.44. The van der Waals surface area contributed by atoms with Crippen LogP contribution in [0.1, 0.15) is 43.0 Å². The molecule has 1 unspecified atom stereocenters. The van der Waals surface area contributed by atoms with E-state index in [1.54, 1.807) is 0 Å². The molecule has 1 aliphatic rings. The predicted molar refractivity (Wildman–Crippen MR) is 73.0 cm³/mol. The van der Waals surface area contributed by atoms with Gasteiger partial charge >= 0.3 is 0 Å². The minimum Gasteiger partial charge on any atom is -0.459 e. The van der Waals surface area contributed by atoms with Crippen LogP contribution in [-0.2, 0) is 0 Å². The molecule has 3 rings (SSSR count). The van der Waals surface area contributed by atoms with Crippen molar-refractivity contribution in [3.05, 3.63) is 35.6 Å². The summed E-state index contributed by atoms with van der Waals surface area (Å²) in [4.78, 5) is 0. The van der Waals surface area contributed by atoms with Gasteiger partial charge in [-0.1, -0.05) is 30.9 Å². The number of hydrogen-bond donors (Lipinski definition) is 2. The molecule has 18 heavy (non-hydrogen) atoms. The summed E-state index contributed by atoms with van der Waals surface area (Å²) in [5, 5.41) is 1.17. The largest absolute Gasteiger partial charge is 0.459 e. The minimum atomic E-state index is 0.142. The first-order valence-electron chi connectivity index (χ1n) is 6.72. The van der Waals surface area contributed by atoms with E-state index in [9.17, 15) is 0 Å². The third kappa shape index (κ3) is 2.16. The SMILES string of the molecule is Cc1ccc2oc(C(CC3CCC3)NN)cc2c1. The Morgan fingerprint density at radius 2 is 2.22 bits per heavy atom. The predicted octanol–water partition coefficient (Wildman–Crippen LogP) is 3.44. The van der Waals surface area contributed by atoms with E-state index in [2.05, 4.69) is 30.5 Å². The van der Waals surface area contributed by atoms with E-state index in [1.807, 2.05) is 6.07 Å². The van der Waals surface area contributed by atoms with Gasteiger partial charge in [0.05, 0.1) is 6.04 Å². The second kappa shape index (κ2) is 4.75. The van der Waals surface area contributed by atoms with Gasteiger partial charge in [0.1, 0.15) is 11.3 Å². The molecule has 0 spiro atoms. The van der Waals surface area contributed by atoms with E-state index >= 15 is 0 Å². The maximum atomic E-state index is 5.90. The number of nitrogens with two attached hydrogens (primary N) is 1. The lowest BCUT2D eigenvalue weighted by Gasteiger charge is -2.28. The van der Waals surface area contributed by atoms with Gasteiger partial charge in [-0.3, -0.25) is 5.84 Å². The highest BCUT2D eigenvalue weighted by Gasteiger charge is 2.24. The fourth-order valence-electron chi connectivity index (χ4n) is 2.68. The lowest BCUT2D eigenvalue weighted by molar-refractivity contribution is 0.249. The van der Waals surface area contributed by atoms with E-state index in [4.69, 9.17) is 10.3 Å². The van der Waals surface area contributed by atoms with Gasteiger partial charge in [0.2, 0.25) is 0 Å². The molecule has 1 heterocycles. The van der Waals surface area contributed by atoms with Crippen LogP contribution in [0.2, 0.25) is 0 Å². The topological polar surface area (TPSA) is 51.2 Å². The molecule has 3 N–H and O–H groups in total. The normalized spacial score (nSPS) is 17.9. The van der Waals surface area contributed by atoms with E-state index in [-0.39, 0.29) is 6.04 Å². The van der Waals surface area contributed by atoms with Crippen molar-refractivity contribution < 1.29 is 4.42 Å². The van der Waals surface area contributed by atoms with Crippen LogP contribution in [0.25, 0.3) is 11.0 Å². The molecule has 3 nitrogen and oxygen atoms in total. The Labute approximate surface area is 107 Å². The van der Waals surface area contributed by atoms with E-state index in [0.717, 1.165) is 23.7 Å². The summed E-state index contributed by atoms with van der Waals surface area (Å²) in [6, 6.07) is 8.52. The Bertz CT molecular complexity index is 542. The molecular formula is C15H20N2O. The standard InChI is InChI=1S/C15H20N2O/c1-10-5-6-14-12(7-10)9-15(18-14)13(17-16)8-11-3-2-4-11/h5-7,9,11,13,17H,2-4,8,16H2,1H3. The number of fused-ring (bicyclic) bond motifs is 1. The van der Waals surface area contributed by atoms with Gasteiger partial charge in [-0.05, 0) is 37.5 Å². The highest BCUT2D eigenvalue weighted by Crippen LogP contribution is 2.35. The fourth-order valence-corrected chi connectivity index (χ4v) is 2.68. The third-order valence-electron chi connectivity index (χ3n) is 4.03. The molecule has 1 aliphatic carbocycles. The summed E-state index contributed by atoms with van der Waals surface area (Å²) in [6.07, 6.45) is 5.10. The van der Waals surface area contributed by atoms with Gasteiger partial charge in [-0.25, -0.2) is 5.43 Å². The van der Waals surface area contributed by atoms with E-state index in [1.165, 1.54) is 30.2 Å². The van der Waals surface area contributed by atoms with Gasteiger partial charge in [-0.15, -0.1) is 0 Å². The highest BCUT2D eigenvalue weighted by molar-refractivity contribution is 5.78. The van der Waals surface area contributed by atoms with E-state index < -0.39 is 0 Å². The van der Waals surface area contributed by atoms with Crippen LogP contribution < -0.4 is 11.3 Å². The van der Waals surface area contributed by atoms with Gasteiger partial charge in [0, 0.05) is 5.39 Å². The van der Waals surface area contributed by atoms with Crippen molar-refractivity contribution in [2.24, 2.45) is 11.8 Å². The Balaban J connectivity index is 1.86. The minimum absolute atomic E-state index is 0.142. The molecule has 1 aromatic heterocycles. The van der Waals surface area contributed by atoms with Crippen LogP contribution >= 0.6 is 0 Å². The molecule has 3 heteroatoms. The van der Waals surface area contributed by atoms with Gasteiger partial charge in [0.25, 0.3) is 0 Å². The summed E-state index contributed by atoms with van der Waals surface area (Å²) in [7, 11) is 0. The molecule has 0 saturated heterocycles. The molecule has 1 aromatic carbocycles. The van der Waals surface area contributed by atoms with Crippen molar-refractivity contribution in [1.29, 1.82) is 0 Å². The summed E-state index contributed by atoms with van der Waals surface area (Å²) in [6.45, 7) is 2.10. The van der Waals surface area contributed by atoms with Crippen LogP contribution in [-0.4, -0.2) is 0 Å². The van der Waals surface area contributed by atoms with Gasteiger partial charge in [-0.2, -0.15) is 0 Å². The number of hydrogen-bond acceptors (Lipinski definition) is 3. The lowest BCUT2D eigenvalue weighted by atomic mass is 9.80. The Hall–Kier alpha value is -1.32. The van der Waals surface area contributed by atoms with Crippen LogP contribution in [0.5, 0.6) is 0 Å². The van der Waals surface area contributed by atoms with Crippen molar-refractivity contribution in [2.45, 2.75) is 38.6 Å². The maximum Gasteiger partial charge on any atom is 0.134 e. The molecule has 2 aromatic rings. The number of hydrazine groups is 1. The number of nitrogens with one attached hydrogen (secondary N) is 1. The molecule has 96 valence electrons. The van der Waals surface area contributed by atoms with Gasteiger partial charge < -0.3 is 4.42 Å². The zero-order valence-corrected chi connectivity index (χ0v) is 10.8.